The molecule has 0 fully saturated rings. The molecular weight excluding hydrogens is 450 g/mol. The smallest absolute Gasteiger partial charge is 0.252 e. The molecule has 2 amide bonds. The summed E-state index contributed by atoms with van der Waals surface area (Å²) in [7, 11) is 0. The van der Waals surface area contributed by atoms with Crippen molar-refractivity contribution in [2.24, 2.45) is 0 Å². The van der Waals surface area contributed by atoms with E-state index in [4.69, 9.17) is 14.7 Å². The molecule has 4 rings (SSSR count). The number of amides is 2. The first kappa shape index (κ1) is 23.2. The van der Waals surface area contributed by atoms with Crippen LogP contribution >= 0.6 is 11.8 Å². The van der Waals surface area contributed by atoms with E-state index in [2.05, 4.69) is 10.6 Å². The summed E-state index contributed by atoms with van der Waals surface area (Å²) in [5, 5.41) is 14.7. The van der Waals surface area contributed by atoms with Crippen LogP contribution in [0.3, 0.4) is 0 Å². The predicted octanol–water partition coefficient (Wildman–Crippen LogP) is 4.03. The summed E-state index contributed by atoms with van der Waals surface area (Å²) in [6, 6.07) is 21.8. The molecule has 1 heterocycles. The minimum Gasteiger partial charge on any atom is -0.486 e. The Kier molecular flexibility index (Phi) is 7.68. The van der Waals surface area contributed by atoms with Crippen LogP contribution in [0.25, 0.3) is 0 Å². The highest BCUT2D eigenvalue weighted by atomic mass is 32.2. The summed E-state index contributed by atoms with van der Waals surface area (Å²) in [6.45, 7) is 1.55. The maximum atomic E-state index is 12.8. The van der Waals surface area contributed by atoms with Gasteiger partial charge in [-0.2, -0.15) is 5.26 Å². The van der Waals surface area contributed by atoms with Gasteiger partial charge in [0.25, 0.3) is 5.91 Å². The van der Waals surface area contributed by atoms with Crippen molar-refractivity contribution in [3.05, 3.63) is 83.4 Å². The first-order valence-electron chi connectivity index (χ1n) is 10.8. The topological polar surface area (TPSA) is 100 Å². The number of hydrogen-bond donors (Lipinski definition) is 2. The van der Waals surface area contributed by atoms with Crippen LogP contribution in [0.2, 0.25) is 0 Å². The first-order chi connectivity index (χ1) is 16.6. The second-order valence-electron chi connectivity index (χ2n) is 7.51. The third kappa shape index (κ3) is 6.09. The summed E-state index contributed by atoms with van der Waals surface area (Å²) < 4.78 is 11.1. The van der Waals surface area contributed by atoms with Crippen molar-refractivity contribution in [1.82, 2.24) is 5.32 Å². The summed E-state index contributed by atoms with van der Waals surface area (Å²) in [5.41, 5.74) is 2.61. The average Bonchev–Trinajstić information content (AvgIpc) is 2.87. The summed E-state index contributed by atoms with van der Waals surface area (Å²) >= 11 is 1.29. The molecule has 8 heteroatoms. The molecule has 0 saturated carbocycles. The quantitative estimate of drug-likeness (QED) is 0.479. The molecule has 34 heavy (non-hydrogen) atoms. The van der Waals surface area contributed by atoms with Gasteiger partial charge in [0.2, 0.25) is 5.91 Å². The highest BCUT2D eigenvalue weighted by Crippen LogP contribution is 2.30. The van der Waals surface area contributed by atoms with Gasteiger partial charge in [0.1, 0.15) is 13.2 Å². The minimum absolute atomic E-state index is 0.137. The Morgan fingerprint density at radius 3 is 2.65 bits per heavy atom. The highest BCUT2D eigenvalue weighted by molar-refractivity contribution is 8.00. The number of nitriles is 1. The van der Waals surface area contributed by atoms with Crippen LogP contribution < -0.4 is 20.1 Å². The number of carbonyl (C=O) groups is 2. The Hall–Kier alpha value is -3.96. The molecule has 2 N–H and O–H groups in total. The van der Waals surface area contributed by atoms with Crippen LogP contribution in [-0.2, 0) is 11.2 Å². The normalized spacial score (nSPS) is 11.9. The van der Waals surface area contributed by atoms with Crippen LogP contribution in [0.4, 0.5) is 5.69 Å². The molecule has 0 radical (unpaired) electrons. The van der Waals surface area contributed by atoms with Crippen molar-refractivity contribution < 1.29 is 19.1 Å². The standard InChI is InChI=1S/C26H23N3O4S/c27-16-19-4-3-5-20(14-19)29-25(30)17-34-24-7-2-1-6-21(24)26(31)28-11-10-18-8-9-22-23(15-18)33-13-12-32-22/h1-9,14-15H,10-13,17H2,(H,28,31)(H,29,30). The van der Waals surface area contributed by atoms with Crippen molar-refractivity contribution >= 4 is 29.3 Å². The van der Waals surface area contributed by atoms with Gasteiger partial charge in [-0.25, -0.2) is 0 Å². The Morgan fingerprint density at radius 2 is 1.79 bits per heavy atom. The minimum atomic E-state index is -0.214. The van der Waals surface area contributed by atoms with E-state index < -0.39 is 0 Å². The van der Waals surface area contributed by atoms with E-state index in [9.17, 15) is 9.59 Å². The third-order valence-electron chi connectivity index (χ3n) is 5.07. The number of rotatable bonds is 8. The predicted molar refractivity (Wildman–Crippen MR) is 130 cm³/mol. The first-order valence-corrected chi connectivity index (χ1v) is 11.8. The fourth-order valence-corrected chi connectivity index (χ4v) is 4.30. The van der Waals surface area contributed by atoms with Crippen molar-refractivity contribution in [3.8, 4) is 17.6 Å². The van der Waals surface area contributed by atoms with Gasteiger partial charge in [0.15, 0.2) is 11.5 Å². The van der Waals surface area contributed by atoms with E-state index in [0.717, 1.165) is 22.0 Å². The van der Waals surface area contributed by atoms with Crippen molar-refractivity contribution in [1.29, 1.82) is 5.26 Å². The number of nitrogens with zero attached hydrogens (tertiary/aromatic N) is 1. The van der Waals surface area contributed by atoms with E-state index in [1.54, 1.807) is 36.4 Å². The number of ether oxygens (including phenoxy) is 2. The average molecular weight is 474 g/mol. The van der Waals surface area contributed by atoms with Crippen molar-refractivity contribution in [2.45, 2.75) is 11.3 Å². The molecular formula is C26H23N3O4S. The van der Waals surface area contributed by atoms with Gasteiger partial charge in [-0.1, -0.05) is 24.3 Å². The zero-order valence-corrected chi connectivity index (χ0v) is 19.2. The number of thioether (sulfide) groups is 1. The van der Waals surface area contributed by atoms with Crippen molar-refractivity contribution in [3.63, 3.8) is 0 Å². The largest absolute Gasteiger partial charge is 0.486 e. The van der Waals surface area contributed by atoms with Gasteiger partial charge in [0.05, 0.1) is 22.9 Å². The third-order valence-corrected chi connectivity index (χ3v) is 6.15. The van der Waals surface area contributed by atoms with Crippen LogP contribution in [0, 0.1) is 11.3 Å². The SMILES string of the molecule is N#Cc1cccc(NC(=O)CSc2ccccc2C(=O)NCCc2ccc3c(c2)OCCO3)c1. The lowest BCUT2D eigenvalue weighted by Crippen LogP contribution is -2.26. The molecule has 0 unspecified atom stereocenters. The number of fused-ring (bicyclic) bond motifs is 1. The molecule has 0 atom stereocenters. The second-order valence-corrected chi connectivity index (χ2v) is 8.53. The lowest BCUT2D eigenvalue weighted by molar-refractivity contribution is -0.113. The molecule has 172 valence electrons. The lowest BCUT2D eigenvalue weighted by atomic mass is 10.1. The molecule has 0 aliphatic carbocycles. The van der Waals surface area contributed by atoms with Gasteiger partial charge in [-0.15, -0.1) is 11.8 Å². The lowest BCUT2D eigenvalue weighted by Gasteiger charge is -2.19. The molecule has 7 nitrogen and oxygen atoms in total. The molecule has 0 bridgehead atoms. The zero-order valence-electron chi connectivity index (χ0n) is 18.4. The fourth-order valence-electron chi connectivity index (χ4n) is 3.45. The van der Waals surface area contributed by atoms with E-state index in [1.165, 1.54) is 11.8 Å². The maximum Gasteiger partial charge on any atom is 0.252 e. The van der Waals surface area contributed by atoms with E-state index >= 15 is 0 Å². The zero-order chi connectivity index (χ0) is 23.8. The molecule has 3 aromatic carbocycles. The number of hydrogen-bond acceptors (Lipinski definition) is 6. The molecule has 0 aromatic heterocycles. The summed E-state index contributed by atoms with van der Waals surface area (Å²) in [5.74, 6) is 1.20. The molecule has 3 aromatic rings. The Labute approximate surface area is 202 Å². The van der Waals surface area contributed by atoms with Gasteiger partial charge in [-0.05, 0) is 54.4 Å². The van der Waals surface area contributed by atoms with Crippen LogP contribution in [0.5, 0.6) is 11.5 Å². The fraction of sp³-hybridized carbons (Fsp3) is 0.192. The van der Waals surface area contributed by atoms with E-state index in [1.807, 2.05) is 36.4 Å². The molecule has 1 aliphatic rings. The number of nitrogens with one attached hydrogen (secondary N) is 2. The van der Waals surface area contributed by atoms with Crippen LogP contribution in [0.1, 0.15) is 21.5 Å². The van der Waals surface area contributed by atoms with Gasteiger partial charge >= 0.3 is 0 Å². The molecule has 1 aliphatic heterocycles. The Bertz CT molecular complexity index is 1240. The highest BCUT2D eigenvalue weighted by Gasteiger charge is 2.14. The number of benzene rings is 3. The number of carbonyl (C=O) groups excluding carboxylic acids is 2. The van der Waals surface area contributed by atoms with E-state index in [0.29, 0.717) is 43.0 Å². The van der Waals surface area contributed by atoms with Crippen molar-refractivity contribution in [2.75, 3.05) is 30.8 Å². The van der Waals surface area contributed by atoms with Gasteiger partial charge < -0.3 is 20.1 Å². The maximum absolute atomic E-state index is 12.8. The van der Waals surface area contributed by atoms with Crippen LogP contribution in [0.15, 0.2) is 71.6 Å². The molecule has 0 spiro atoms. The monoisotopic (exact) mass is 473 g/mol. The van der Waals surface area contributed by atoms with E-state index in [-0.39, 0.29) is 17.6 Å². The summed E-state index contributed by atoms with van der Waals surface area (Å²) in [6.07, 6.45) is 0.655. The Morgan fingerprint density at radius 1 is 0.971 bits per heavy atom. The Balaban J connectivity index is 1.30. The van der Waals surface area contributed by atoms with Gasteiger partial charge in [0, 0.05) is 17.1 Å². The summed E-state index contributed by atoms with van der Waals surface area (Å²) in [4.78, 5) is 25.9. The van der Waals surface area contributed by atoms with Crippen LogP contribution in [-0.4, -0.2) is 37.3 Å². The second kappa shape index (κ2) is 11.3. The molecule has 0 saturated heterocycles. The number of anilines is 1. The van der Waals surface area contributed by atoms with Gasteiger partial charge in [-0.3, -0.25) is 9.59 Å².